The van der Waals surface area contributed by atoms with E-state index in [-0.39, 0.29) is 22.9 Å². The van der Waals surface area contributed by atoms with Crippen molar-refractivity contribution in [3.63, 3.8) is 0 Å². The molecule has 2 N–H and O–H groups in total. The maximum Gasteiger partial charge on any atom is 0.123 e. The van der Waals surface area contributed by atoms with E-state index >= 15 is 0 Å². The molecular weight excluding hydrogens is 251 g/mol. The van der Waals surface area contributed by atoms with Gasteiger partial charge < -0.3 is 10.6 Å². The third kappa shape index (κ3) is 4.03. The molecule has 112 valence electrons. The van der Waals surface area contributed by atoms with Gasteiger partial charge in [-0.2, -0.15) is 0 Å². The fourth-order valence-corrected chi connectivity index (χ4v) is 3.67. The van der Waals surface area contributed by atoms with Crippen molar-refractivity contribution in [3.05, 3.63) is 35.6 Å². The highest BCUT2D eigenvalue weighted by atomic mass is 19.1. The smallest absolute Gasteiger partial charge is 0.123 e. The van der Waals surface area contributed by atoms with Crippen LogP contribution < -0.4 is 10.6 Å². The standard InChI is InChI=1S/C17H27FN2/c1-12(13-7-6-8-14(18)9-13)19-15-10-16(2,3)20-17(4,5)11-15/h6-9,12,15,19-20H,10-11H2,1-5H3. The van der Waals surface area contributed by atoms with Gasteiger partial charge in [-0.15, -0.1) is 0 Å². The van der Waals surface area contributed by atoms with Crippen LogP contribution in [0.3, 0.4) is 0 Å². The van der Waals surface area contributed by atoms with Crippen LogP contribution in [0, 0.1) is 5.82 Å². The molecule has 20 heavy (non-hydrogen) atoms. The van der Waals surface area contributed by atoms with Gasteiger partial charge in [-0.25, -0.2) is 4.39 Å². The Labute approximate surface area is 122 Å². The third-order valence-corrected chi connectivity index (χ3v) is 4.02. The average molecular weight is 278 g/mol. The van der Waals surface area contributed by atoms with E-state index in [2.05, 4.69) is 45.3 Å². The highest BCUT2D eigenvalue weighted by molar-refractivity contribution is 5.20. The molecule has 0 radical (unpaired) electrons. The molecule has 1 saturated heterocycles. The molecule has 1 aliphatic heterocycles. The Hall–Kier alpha value is -0.930. The van der Waals surface area contributed by atoms with Crippen LogP contribution in [-0.2, 0) is 0 Å². The van der Waals surface area contributed by atoms with Gasteiger partial charge in [0.1, 0.15) is 5.82 Å². The van der Waals surface area contributed by atoms with Crippen molar-refractivity contribution in [3.8, 4) is 0 Å². The van der Waals surface area contributed by atoms with Crippen molar-refractivity contribution in [1.29, 1.82) is 0 Å². The zero-order valence-corrected chi connectivity index (χ0v) is 13.3. The molecule has 0 spiro atoms. The summed E-state index contributed by atoms with van der Waals surface area (Å²) in [4.78, 5) is 0. The summed E-state index contributed by atoms with van der Waals surface area (Å²) in [6.07, 6.45) is 2.16. The Morgan fingerprint density at radius 2 is 1.80 bits per heavy atom. The Balaban J connectivity index is 2.05. The van der Waals surface area contributed by atoms with Gasteiger partial charge in [0.25, 0.3) is 0 Å². The SMILES string of the molecule is CC(NC1CC(C)(C)NC(C)(C)C1)c1cccc(F)c1. The second-order valence-electron chi connectivity index (χ2n) is 7.44. The lowest BCUT2D eigenvalue weighted by atomic mass is 9.79. The first-order valence-electron chi connectivity index (χ1n) is 7.48. The predicted molar refractivity (Wildman–Crippen MR) is 82.3 cm³/mol. The van der Waals surface area contributed by atoms with E-state index in [1.165, 1.54) is 6.07 Å². The van der Waals surface area contributed by atoms with Crippen LogP contribution in [0.4, 0.5) is 4.39 Å². The first kappa shape index (κ1) is 15.5. The average Bonchev–Trinajstić information content (AvgIpc) is 2.24. The van der Waals surface area contributed by atoms with Gasteiger partial charge in [0.2, 0.25) is 0 Å². The van der Waals surface area contributed by atoms with Crippen molar-refractivity contribution in [1.82, 2.24) is 10.6 Å². The number of hydrogen-bond acceptors (Lipinski definition) is 2. The lowest BCUT2D eigenvalue weighted by Crippen LogP contribution is -2.61. The topological polar surface area (TPSA) is 24.1 Å². The van der Waals surface area contributed by atoms with Crippen molar-refractivity contribution in [2.45, 2.75) is 70.6 Å². The van der Waals surface area contributed by atoms with Crippen molar-refractivity contribution < 1.29 is 4.39 Å². The van der Waals surface area contributed by atoms with Gasteiger partial charge >= 0.3 is 0 Å². The number of piperidine rings is 1. The van der Waals surface area contributed by atoms with Crippen LogP contribution in [0.15, 0.2) is 24.3 Å². The van der Waals surface area contributed by atoms with Gasteiger partial charge in [-0.1, -0.05) is 12.1 Å². The molecule has 3 heteroatoms. The molecule has 2 nitrogen and oxygen atoms in total. The molecule has 1 aromatic carbocycles. The van der Waals surface area contributed by atoms with Gasteiger partial charge in [0, 0.05) is 23.2 Å². The zero-order valence-electron chi connectivity index (χ0n) is 13.3. The van der Waals surface area contributed by atoms with Crippen LogP contribution in [-0.4, -0.2) is 17.1 Å². The summed E-state index contributed by atoms with van der Waals surface area (Å²) in [6.45, 7) is 11.1. The number of halogens is 1. The van der Waals surface area contributed by atoms with E-state index in [0.29, 0.717) is 6.04 Å². The van der Waals surface area contributed by atoms with Gasteiger partial charge in [0.05, 0.1) is 0 Å². The van der Waals surface area contributed by atoms with Crippen molar-refractivity contribution >= 4 is 0 Å². The van der Waals surface area contributed by atoms with Crippen molar-refractivity contribution in [2.75, 3.05) is 0 Å². The van der Waals surface area contributed by atoms with E-state index < -0.39 is 0 Å². The zero-order chi connectivity index (χ0) is 15.0. The summed E-state index contributed by atoms with van der Waals surface area (Å²) in [5, 5.41) is 7.35. The second-order valence-corrected chi connectivity index (χ2v) is 7.44. The maximum absolute atomic E-state index is 13.3. The molecule has 1 fully saturated rings. The lowest BCUT2D eigenvalue weighted by Gasteiger charge is -2.47. The van der Waals surface area contributed by atoms with E-state index in [1.807, 2.05) is 6.07 Å². The number of rotatable bonds is 3. The fraction of sp³-hybridized carbons (Fsp3) is 0.647. The summed E-state index contributed by atoms with van der Waals surface area (Å²) >= 11 is 0. The summed E-state index contributed by atoms with van der Waals surface area (Å²) in [6, 6.07) is 7.49. The van der Waals surface area contributed by atoms with E-state index in [4.69, 9.17) is 0 Å². The largest absolute Gasteiger partial charge is 0.307 e. The molecule has 1 heterocycles. The Morgan fingerprint density at radius 3 is 2.35 bits per heavy atom. The van der Waals surface area contributed by atoms with Crippen molar-refractivity contribution in [2.24, 2.45) is 0 Å². The van der Waals surface area contributed by atoms with Gasteiger partial charge in [-0.05, 0) is 65.2 Å². The first-order chi connectivity index (χ1) is 9.17. The van der Waals surface area contributed by atoms with Crippen LogP contribution in [0.1, 0.15) is 59.1 Å². The summed E-state index contributed by atoms with van der Waals surface area (Å²) < 4.78 is 13.3. The Kier molecular flexibility index (Phi) is 4.22. The third-order valence-electron chi connectivity index (χ3n) is 4.02. The fourth-order valence-electron chi connectivity index (χ4n) is 3.67. The molecule has 0 bridgehead atoms. The Morgan fingerprint density at radius 1 is 1.20 bits per heavy atom. The normalized spacial score (nSPS) is 23.5. The van der Waals surface area contributed by atoms with Crippen LogP contribution in [0.5, 0.6) is 0 Å². The lowest BCUT2D eigenvalue weighted by molar-refractivity contribution is 0.141. The van der Waals surface area contributed by atoms with Gasteiger partial charge in [0.15, 0.2) is 0 Å². The quantitative estimate of drug-likeness (QED) is 0.879. The second kappa shape index (κ2) is 5.45. The minimum absolute atomic E-state index is 0.126. The molecule has 1 aliphatic rings. The maximum atomic E-state index is 13.3. The Bertz CT molecular complexity index is 452. The van der Waals surface area contributed by atoms with E-state index in [1.54, 1.807) is 12.1 Å². The molecule has 1 unspecified atom stereocenters. The summed E-state index contributed by atoms with van der Waals surface area (Å²) in [5.74, 6) is -0.165. The minimum Gasteiger partial charge on any atom is -0.307 e. The predicted octanol–water partition coefficient (Wildman–Crippen LogP) is 3.79. The molecule has 0 aliphatic carbocycles. The molecule has 0 saturated carbocycles. The molecular formula is C17H27FN2. The van der Waals surface area contributed by atoms with Crippen LogP contribution >= 0.6 is 0 Å². The molecule has 0 amide bonds. The highest BCUT2D eigenvalue weighted by Crippen LogP contribution is 2.30. The number of benzene rings is 1. The minimum atomic E-state index is -0.165. The first-order valence-corrected chi connectivity index (χ1v) is 7.48. The van der Waals surface area contributed by atoms with Crippen LogP contribution in [0.25, 0.3) is 0 Å². The summed E-state index contributed by atoms with van der Waals surface area (Å²) in [5.41, 5.74) is 1.27. The number of hydrogen-bond donors (Lipinski definition) is 2. The monoisotopic (exact) mass is 278 g/mol. The molecule has 0 aromatic heterocycles. The highest BCUT2D eigenvalue weighted by Gasteiger charge is 2.37. The summed E-state index contributed by atoms with van der Waals surface area (Å²) in [7, 11) is 0. The van der Waals surface area contributed by atoms with Crippen LogP contribution in [0.2, 0.25) is 0 Å². The van der Waals surface area contributed by atoms with E-state index in [9.17, 15) is 4.39 Å². The number of nitrogens with one attached hydrogen (secondary N) is 2. The van der Waals surface area contributed by atoms with E-state index in [0.717, 1.165) is 18.4 Å². The molecule has 2 rings (SSSR count). The molecule has 1 atom stereocenters. The molecule has 1 aromatic rings. The van der Waals surface area contributed by atoms with Gasteiger partial charge in [-0.3, -0.25) is 0 Å².